The Hall–Kier alpha value is -3.25. The molecule has 1 aromatic heterocycles. The molecule has 2 aliphatic carbocycles. The zero-order valence-corrected chi connectivity index (χ0v) is 23.1. The molecule has 4 heterocycles. The van der Waals surface area contributed by atoms with E-state index < -0.39 is 93.4 Å². The maximum atomic E-state index is 14.6. The number of fused-ring (bicyclic) bond motifs is 4. The van der Waals surface area contributed by atoms with E-state index in [0.29, 0.717) is 5.56 Å². The van der Waals surface area contributed by atoms with Gasteiger partial charge in [0.1, 0.15) is 23.2 Å². The maximum Gasteiger partial charge on any atom is 0.347 e. The summed E-state index contributed by atoms with van der Waals surface area (Å²) in [5, 5.41) is 12.8. The number of aliphatic hydroxyl groups is 1. The topological polar surface area (TPSA) is 165 Å². The fourth-order valence-electron chi connectivity index (χ4n) is 9.02. The van der Waals surface area contributed by atoms with E-state index in [-0.39, 0.29) is 12.8 Å². The highest BCUT2D eigenvalue weighted by Crippen LogP contribution is 2.76. The molecule has 0 radical (unpaired) electrons. The predicted molar refractivity (Wildman–Crippen MR) is 129 cm³/mol. The van der Waals surface area contributed by atoms with Crippen LogP contribution in [0.1, 0.15) is 65.5 Å². The van der Waals surface area contributed by atoms with Crippen LogP contribution in [0.15, 0.2) is 23.0 Å². The van der Waals surface area contributed by atoms with Crippen molar-refractivity contribution in [2.75, 3.05) is 7.11 Å². The molecule has 5 fully saturated rings. The van der Waals surface area contributed by atoms with Gasteiger partial charge in [0.15, 0.2) is 17.0 Å². The van der Waals surface area contributed by atoms with Crippen LogP contribution in [0.5, 0.6) is 0 Å². The van der Waals surface area contributed by atoms with E-state index in [1.165, 1.54) is 33.3 Å². The molecule has 40 heavy (non-hydrogen) atoms. The average Bonchev–Trinajstić information content (AvgIpc) is 3.61. The summed E-state index contributed by atoms with van der Waals surface area (Å²) in [4.78, 5) is 67.1. The zero-order chi connectivity index (χ0) is 29.3. The van der Waals surface area contributed by atoms with E-state index in [1.54, 1.807) is 13.0 Å². The van der Waals surface area contributed by atoms with Crippen LogP contribution < -0.4 is 0 Å². The number of rotatable bonds is 3. The van der Waals surface area contributed by atoms with Gasteiger partial charge >= 0.3 is 23.9 Å². The first-order chi connectivity index (χ1) is 18.6. The molecule has 3 aliphatic heterocycles. The number of cyclic esters (lactones) is 2. The molecule has 5 aliphatic rings. The van der Waals surface area contributed by atoms with Crippen molar-refractivity contribution in [1.29, 1.82) is 0 Å². The van der Waals surface area contributed by atoms with Crippen LogP contribution in [0.3, 0.4) is 0 Å². The molecule has 1 N–H and O–H groups in total. The minimum Gasteiger partial charge on any atom is -0.472 e. The second kappa shape index (κ2) is 7.73. The third kappa shape index (κ3) is 2.63. The molecule has 9 atom stereocenters. The van der Waals surface area contributed by atoms with Gasteiger partial charge in [-0.05, 0) is 25.8 Å². The van der Waals surface area contributed by atoms with Crippen molar-refractivity contribution in [1.82, 2.24) is 0 Å². The Morgan fingerprint density at radius 1 is 1.07 bits per heavy atom. The van der Waals surface area contributed by atoms with Crippen molar-refractivity contribution in [3.8, 4) is 0 Å². The fourth-order valence-corrected chi connectivity index (χ4v) is 9.02. The largest absolute Gasteiger partial charge is 0.472 e. The summed E-state index contributed by atoms with van der Waals surface area (Å²) in [6.07, 6.45) is -1.50. The van der Waals surface area contributed by atoms with Crippen LogP contribution in [0, 0.1) is 22.2 Å². The van der Waals surface area contributed by atoms with Gasteiger partial charge in [0.05, 0.1) is 26.1 Å². The van der Waals surface area contributed by atoms with Gasteiger partial charge in [-0.2, -0.15) is 0 Å². The molecule has 0 aromatic carbocycles. The molecule has 0 bridgehead atoms. The van der Waals surface area contributed by atoms with Crippen LogP contribution in [-0.4, -0.2) is 70.9 Å². The minimum absolute atomic E-state index is 0.0703. The zero-order valence-electron chi connectivity index (χ0n) is 23.1. The van der Waals surface area contributed by atoms with Crippen molar-refractivity contribution >= 4 is 29.7 Å². The Morgan fingerprint density at radius 2 is 1.77 bits per heavy atom. The smallest absolute Gasteiger partial charge is 0.347 e. The van der Waals surface area contributed by atoms with E-state index >= 15 is 0 Å². The van der Waals surface area contributed by atoms with E-state index in [9.17, 15) is 29.1 Å². The average molecular weight is 561 g/mol. The summed E-state index contributed by atoms with van der Waals surface area (Å²) in [5.41, 5.74) is -10.4. The molecule has 12 heteroatoms. The van der Waals surface area contributed by atoms with Crippen molar-refractivity contribution in [3.05, 3.63) is 24.2 Å². The molecule has 12 nitrogen and oxygen atoms in total. The minimum atomic E-state index is -2.59. The van der Waals surface area contributed by atoms with Gasteiger partial charge < -0.3 is 33.2 Å². The lowest BCUT2D eigenvalue weighted by Gasteiger charge is -2.55. The number of Topliss-reactive ketones (excluding diaryl/α,β-unsaturated/α-hetero) is 1. The summed E-state index contributed by atoms with van der Waals surface area (Å²) in [6, 6.07) is 1.63. The van der Waals surface area contributed by atoms with E-state index in [2.05, 4.69) is 0 Å². The number of hydrogen-bond acceptors (Lipinski definition) is 12. The van der Waals surface area contributed by atoms with Gasteiger partial charge in [0, 0.05) is 29.2 Å². The molecule has 6 rings (SSSR count). The first-order valence-corrected chi connectivity index (χ1v) is 13.2. The van der Waals surface area contributed by atoms with E-state index in [0.717, 1.165) is 14.0 Å². The molecule has 1 spiro atoms. The van der Waals surface area contributed by atoms with Crippen molar-refractivity contribution < 1.29 is 57.2 Å². The van der Waals surface area contributed by atoms with Crippen LogP contribution in [0.25, 0.3) is 0 Å². The first-order valence-electron chi connectivity index (χ1n) is 13.2. The number of carbonyl (C=O) groups is 5. The van der Waals surface area contributed by atoms with Crippen molar-refractivity contribution in [2.24, 2.45) is 22.2 Å². The summed E-state index contributed by atoms with van der Waals surface area (Å²) < 4.78 is 34.3. The molecule has 1 aromatic rings. The first kappa shape index (κ1) is 26.9. The number of carbonyl (C=O) groups excluding carboxylic acids is 5. The van der Waals surface area contributed by atoms with Gasteiger partial charge in [-0.25, -0.2) is 4.79 Å². The second-order valence-electron chi connectivity index (χ2n) is 12.7. The van der Waals surface area contributed by atoms with Crippen molar-refractivity contribution in [2.45, 2.75) is 89.0 Å². The molecule has 216 valence electrons. The van der Waals surface area contributed by atoms with Crippen molar-refractivity contribution in [3.63, 3.8) is 0 Å². The Bertz CT molecular complexity index is 1350. The molecule has 0 unspecified atom stereocenters. The summed E-state index contributed by atoms with van der Waals surface area (Å²) in [6.45, 7) is 7.41. The monoisotopic (exact) mass is 560 g/mol. The Kier molecular flexibility index (Phi) is 5.20. The molecular formula is C28H32O12. The van der Waals surface area contributed by atoms with Crippen LogP contribution in [0.4, 0.5) is 0 Å². The molecule has 0 amide bonds. The highest BCUT2D eigenvalue weighted by molar-refractivity contribution is 6.02. The lowest BCUT2D eigenvalue weighted by atomic mass is 9.47. The van der Waals surface area contributed by atoms with E-state index in [4.69, 9.17) is 28.1 Å². The third-order valence-corrected chi connectivity index (χ3v) is 10.6. The molecule has 3 saturated heterocycles. The number of esters is 4. The van der Waals surface area contributed by atoms with Crippen LogP contribution in [0.2, 0.25) is 0 Å². The fraction of sp³-hybridized carbons (Fsp3) is 0.679. The van der Waals surface area contributed by atoms with Gasteiger partial charge in [0.2, 0.25) is 6.10 Å². The standard InChI is InChI=1S/C28H32O12/c1-13(29)39-26-9-8-24(4)18(14-7-10-36-12-14)37-15(30)11-27(24,26)40-21-25(5)17(16(19(31)35-6)38-22(25)33)23(2,3)20(32)28(21,26)34/h7,10,12,16-18,21,34H,8-9,11H2,1-6H3/t16-,17-,18-,21+,24-,25+,26+,27+,28+/m0/s1. The molecular weight excluding hydrogens is 528 g/mol. The number of hydrogen-bond donors (Lipinski definition) is 1. The summed E-state index contributed by atoms with van der Waals surface area (Å²) in [5.74, 6) is -5.14. The summed E-state index contributed by atoms with van der Waals surface area (Å²) in [7, 11) is 1.14. The quantitative estimate of drug-likeness (QED) is 0.420. The lowest BCUT2D eigenvalue weighted by Crippen LogP contribution is -2.77. The number of furan rings is 1. The van der Waals surface area contributed by atoms with E-state index in [1.807, 2.05) is 0 Å². The number of methoxy groups -OCH3 is 1. The third-order valence-electron chi connectivity index (χ3n) is 10.6. The van der Waals surface area contributed by atoms with Crippen LogP contribution >= 0.6 is 0 Å². The van der Waals surface area contributed by atoms with Gasteiger partial charge in [-0.1, -0.05) is 20.8 Å². The second-order valence-corrected chi connectivity index (χ2v) is 12.7. The highest BCUT2D eigenvalue weighted by atomic mass is 16.6. The van der Waals surface area contributed by atoms with Gasteiger partial charge in [0.25, 0.3) is 0 Å². The number of ketones is 1. The number of ether oxygens (including phenoxy) is 5. The van der Waals surface area contributed by atoms with Gasteiger partial charge in [-0.3, -0.25) is 19.2 Å². The normalized spacial score (nSPS) is 46.4. The highest BCUT2D eigenvalue weighted by Gasteiger charge is 2.93. The maximum absolute atomic E-state index is 14.6. The Morgan fingerprint density at radius 3 is 2.38 bits per heavy atom. The predicted octanol–water partition coefficient (Wildman–Crippen LogP) is 1.57. The SMILES string of the molecule is COC(=O)[C@H]1OC(=O)[C@@]2(C)[C@H]3O[C@]45CC(=O)O[C@@H](c6ccoc6)[C@]4(C)CC[C@]5(OC(C)=O)[C@@]3(O)C(=O)C(C)(C)[C@H]12. The molecule has 2 saturated carbocycles. The lowest BCUT2D eigenvalue weighted by molar-refractivity contribution is -0.251. The van der Waals surface area contributed by atoms with Gasteiger partial charge in [-0.15, -0.1) is 0 Å². The summed E-state index contributed by atoms with van der Waals surface area (Å²) >= 11 is 0. The Labute approximate surface area is 229 Å². The Balaban J connectivity index is 1.64. The van der Waals surface area contributed by atoms with Crippen LogP contribution in [-0.2, 0) is 47.7 Å².